The van der Waals surface area contributed by atoms with Gasteiger partial charge in [0.25, 0.3) is 0 Å². The van der Waals surface area contributed by atoms with E-state index in [1.54, 1.807) is 0 Å². The number of aldehydes is 1. The molecule has 1 N–H and O–H groups in total. The summed E-state index contributed by atoms with van der Waals surface area (Å²) < 4.78 is 1.29. The van der Waals surface area contributed by atoms with Crippen LogP contribution in [0.15, 0.2) is 6.20 Å². The first-order valence-corrected chi connectivity index (χ1v) is 3.32. The minimum absolute atomic E-state index is 0.0807. The Morgan fingerprint density at radius 1 is 1.83 bits per heavy atom. The molecule has 1 aromatic heterocycles. The van der Waals surface area contributed by atoms with Crippen molar-refractivity contribution in [3.8, 4) is 0 Å². The van der Waals surface area contributed by atoms with Gasteiger partial charge in [-0.25, -0.2) is 4.68 Å². The van der Waals surface area contributed by atoms with Crippen LogP contribution in [0.3, 0.4) is 0 Å². The molecule has 1 aromatic rings. The molecule has 0 aliphatic rings. The van der Waals surface area contributed by atoms with E-state index >= 15 is 0 Å². The maximum Gasteiger partial charge on any atom is 0.241 e. The number of amides is 1. The van der Waals surface area contributed by atoms with Gasteiger partial charge in [-0.3, -0.25) is 9.59 Å². The number of carbonyl (C=O) groups excluding carboxylic acids is 2. The zero-order chi connectivity index (χ0) is 8.97. The van der Waals surface area contributed by atoms with Crippen LogP contribution < -0.4 is 5.32 Å². The minimum atomic E-state index is -0.183. The second kappa shape index (κ2) is 3.61. The van der Waals surface area contributed by atoms with Gasteiger partial charge >= 0.3 is 0 Å². The Morgan fingerprint density at radius 2 is 2.58 bits per heavy atom. The zero-order valence-corrected chi connectivity index (χ0v) is 6.52. The molecule has 0 saturated heterocycles. The molecule has 0 aromatic carbocycles. The third-order valence-electron chi connectivity index (χ3n) is 1.26. The Bertz CT molecular complexity index is 293. The van der Waals surface area contributed by atoms with Gasteiger partial charge in [-0.2, -0.15) is 0 Å². The molecule has 0 unspecified atom stereocenters. The van der Waals surface area contributed by atoms with Crippen LogP contribution in [0.5, 0.6) is 0 Å². The third-order valence-corrected chi connectivity index (χ3v) is 1.26. The first kappa shape index (κ1) is 8.38. The van der Waals surface area contributed by atoms with Crippen LogP contribution in [0.4, 0.5) is 0 Å². The summed E-state index contributed by atoms with van der Waals surface area (Å²) in [5, 5.41) is 9.46. The summed E-state index contributed by atoms with van der Waals surface area (Å²) in [6.45, 7) is 0.0807. The molecule has 0 atom stereocenters. The number of hydrogen-bond acceptors (Lipinski definition) is 4. The molecule has 0 aliphatic heterocycles. The molecular formula is C6H8N4O2. The van der Waals surface area contributed by atoms with E-state index in [-0.39, 0.29) is 18.1 Å². The Hall–Kier alpha value is -1.72. The number of nitrogens with zero attached hydrogens (tertiary/aromatic N) is 3. The van der Waals surface area contributed by atoms with Crippen LogP contribution in [0.1, 0.15) is 10.5 Å². The highest BCUT2D eigenvalue weighted by Crippen LogP contribution is 1.87. The van der Waals surface area contributed by atoms with Gasteiger partial charge in [0, 0.05) is 7.05 Å². The van der Waals surface area contributed by atoms with Crippen molar-refractivity contribution in [1.29, 1.82) is 0 Å². The van der Waals surface area contributed by atoms with Gasteiger partial charge in [0.05, 0.1) is 6.20 Å². The molecule has 0 radical (unpaired) electrons. The van der Waals surface area contributed by atoms with E-state index in [1.165, 1.54) is 17.9 Å². The normalized spacial score (nSPS) is 9.42. The highest BCUT2D eigenvalue weighted by atomic mass is 16.2. The molecule has 64 valence electrons. The molecule has 1 rings (SSSR count). The molecular weight excluding hydrogens is 160 g/mol. The summed E-state index contributed by atoms with van der Waals surface area (Å²) in [6.07, 6.45) is 1.98. The van der Waals surface area contributed by atoms with E-state index in [1.807, 2.05) is 0 Å². The SMILES string of the molecule is CNC(=O)Cn1cc(C=O)nn1. The fraction of sp³-hybridized carbons (Fsp3) is 0.333. The van der Waals surface area contributed by atoms with Crippen LogP contribution >= 0.6 is 0 Å². The zero-order valence-electron chi connectivity index (χ0n) is 6.52. The highest BCUT2D eigenvalue weighted by molar-refractivity contribution is 5.75. The summed E-state index contributed by atoms with van der Waals surface area (Å²) in [7, 11) is 1.53. The number of likely N-dealkylation sites (N-methyl/N-ethyl adjacent to an activating group) is 1. The average Bonchev–Trinajstić information content (AvgIpc) is 2.52. The lowest BCUT2D eigenvalue weighted by Gasteiger charge is -1.96. The van der Waals surface area contributed by atoms with Gasteiger partial charge in [-0.1, -0.05) is 5.21 Å². The van der Waals surface area contributed by atoms with Crippen LogP contribution in [0, 0.1) is 0 Å². The number of rotatable bonds is 3. The second-order valence-electron chi connectivity index (χ2n) is 2.13. The van der Waals surface area contributed by atoms with Gasteiger partial charge in [-0.05, 0) is 0 Å². The fourth-order valence-electron chi connectivity index (χ4n) is 0.671. The Morgan fingerprint density at radius 3 is 3.08 bits per heavy atom. The Labute approximate surface area is 68.6 Å². The topological polar surface area (TPSA) is 76.9 Å². The van der Waals surface area contributed by atoms with Crippen molar-refractivity contribution in [2.45, 2.75) is 6.54 Å². The lowest BCUT2D eigenvalue weighted by atomic mass is 10.5. The minimum Gasteiger partial charge on any atom is -0.358 e. The van der Waals surface area contributed by atoms with Crippen molar-refractivity contribution < 1.29 is 9.59 Å². The second-order valence-corrected chi connectivity index (χ2v) is 2.13. The fourth-order valence-corrected chi connectivity index (χ4v) is 0.671. The van der Waals surface area contributed by atoms with E-state index in [2.05, 4.69) is 15.6 Å². The quantitative estimate of drug-likeness (QED) is 0.577. The lowest BCUT2D eigenvalue weighted by molar-refractivity contribution is -0.121. The molecule has 0 saturated carbocycles. The third kappa shape index (κ3) is 1.88. The van der Waals surface area contributed by atoms with Gasteiger partial charge in [0.2, 0.25) is 5.91 Å². The van der Waals surface area contributed by atoms with E-state index in [0.717, 1.165) is 0 Å². The van der Waals surface area contributed by atoms with Crippen LogP contribution in [0.25, 0.3) is 0 Å². The smallest absolute Gasteiger partial charge is 0.241 e. The summed E-state index contributed by atoms with van der Waals surface area (Å²) in [5.41, 5.74) is 0.221. The highest BCUT2D eigenvalue weighted by Gasteiger charge is 2.02. The number of nitrogens with one attached hydrogen (secondary N) is 1. The Kier molecular flexibility index (Phi) is 2.52. The van der Waals surface area contributed by atoms with Gasteiger partial charge in [0.15, 0.2) is 6.29 Å². The van der Waals surface area contributed by atoms with E-state index in [4.69, 9.17) is 0 Å². The predicted octanol–water partition coefficient (Wildman–Crippen LogP) is -1.16. The monoisotopic (exact) mass is 168 g/mol. The van der Waals surface area contributed by atoms with Gasteiger partial charge in [-0.15, -0.1) is 5.10 Å². The summed E-state index contributed by atoms with van der Waals surface area (Å²) in [6, 6.07) is 0. The summed E-state index contributed by atoms with van der Waals surface area (Å²) in [4.78, 5) is 20.9. The van der Waals surface area contributed by atoms with Crippen molar-refractivity contribution in [2.75, 3.05) is 7.05 Å². The first-order chi connectivity index (χ1) is 5.76. The largest absolute Gasteiger partial charge is 0.358 e. The lowest BCUT2D eigenvalue weighted by Crippen LogP contribution is -2.23. The predicted molar refractivity (Wildman–Crippen MR) is 39.5 cm³/mol. The van der Waals surface area contributed by atoms with Crippen molar-refractivity contribution in [3.05, 3.63) is 11.9 Å². The summed E-state index contributed by atoms with van der Waals surface area (Å²) >= 11 is 0. The molecule has 0 fully saturated rings. The van der Waals surface area contributed by atoms with E-state index in [0.29, 0.717) is 6.29 Å². The van der Waals surface area contributed by atoms with Gasteiger partial charge < -0.3 is 5.32 Å². The van der Waals surface area contributed by atoms with Crippen molar-refractivity contribution in [2.24, 2.45) is 0 Å². The molecule has 6 heteroatoms. The summed E-state index contributed by atoms with van der Waals surface area (Å²) in [5.74, 6) is -0.183. The maximum atomic E-state index is 10.8. The molecule has 0 bridgehead atoms. The maximum absolute atomic E-state index is 10.8. The molecule has 1 amide bonds. The molecule has 0 spiro atoms. The molecule has 1 heterocycles. The molecule has 6 nitrogen and oxygen atoms in total. The number of carbonyl (C=O) groups is 2. The number of aromatic nitrogens is 3. The average molecular weight is 168 g/mol. The molecule has 0 aliphatic carbocycles. The van der Waals surface area contributed by atoms with Gasteiger partial charge in [0.1, 0.15) is 12.2 Å². The van der Waals surface area contributed by atoms with Crippen LogP contribution in [0.2, 0.25) is 0 Å². The number of hydrogen-bond donors (Lipinski definition) is 1. The van der Waals surface area contributed by atoms with Crippen molar-refractivity contribution >= 4 is 12.2 Å². The Balaban J connectivity index is 2.63. The van der Waals surface area contributed by atoms with Crippen LogP contribution in [-0.2, 0) is 11.3 Å². The first-order valence-electron chi connectivity index (χ1n) is 3.32. The van der Waals surface area contributed by atoms with Crippen LogP contribution in [-0.4, -0.2) is 34.2 Å². The van der Waals surface area contributed by atoms with Crippen molar-refractivity contribution in [1.82, 2.24) is 20.3 Å². The van der Waals surface area contributed by atoms with E-state index < -0.39 is 0 Å². The van der Waals surface area contributed by atoms with E-state index in [9.17, 15) is 9.59 Å². The standard InChI is InChI=1S/C6H8N4O2/c1-7-6(12)3-10-2-5(4-11)8-9-10/h2,4H,3H2,1H3,(H,7,12). The van der Waals surface area contributed by atoms with Crippen molar-refractivity contribution in [3.63, 3.8) is 0 Å². The molecule has 12 heavy (non-hydrogen) atoms.